The Bertz CT molecular complexity index is 238. The molecule has 0 aromatic heterocycles. The van der Waals surface area contributed by atoms with Gasteiger partial charge in [0.25, 0.3) is 0 Å². The molecule has 0 aliphatic heterocycles. The van der Waals surface area contributed by atoms with Crippen molar-refractivity contribution in [2.45, 2.75) is 6.92 Å². The molecule has 0 N–H and O–H groups in total. The van der Waals surface area contributed by atoms with E-state index in [9.17, 15) is 4.79 Å². The second-order valence-electron chi connectivity index (χ2n) is 2.06. The first-order chi connectivity index (χ1) is 4.70. The van der Waals surface area contributed by atoms with E-state index in [0.29, 0.717) is 0 Å². The summed E-state index contributed by atoms with van der Waals surface area (Å²) in [7, 11) is 0. The lowest BCUT2D eigenvalue weighted by atomic mass is 10.2. The topological polar surface area (TPSA) is 17.1 Å². The third-order valence-corrected chi connectivity index (χ3v) is 1.97. The van der Waals surface area contributed by atoms with Crippen molar-refractivity contribution < 1.29 is 4.79 Å². The van der Waals surface area contributed by atoms with Crippen LogP contribution in [0, 0.1) is 3.57 Å². The normalized spacial score (nSPS) is 9.40. The molecule has 0 aliphatic carbocycles. The van der Waals surface area contributed by atoms with Gasteiger partial charge >= 0.3 is 0 Å². The Morgan fingerprint density at radius 1 is 1.30 bits per heavy atom. The van der Waals surface area contributed by atoms with E-state index in [4.69, 9.17) is 0 Å². The molecule has 0 radical (unpaired) electrons. The molecule has 52 valence electrons. The van der Waals surface area contributed by atoms with Gasteiger partial charge in [-0.1, -0.05) is 12.1 Å². The van der Waals surface area contributed by atoms with Crippen molar-refractivity contribution in [3.63, 3.8) is 0 Å². The summed E-state index contributed by atoms with van der Waals surface area (Å²) in [6.07, 6.45) is 0. The maximum atomic E-state index is 10.8. The lowest BCUT2D eigenvalue weighted by molar-refractivity contribution is 0.101. The number of hydrogen-bond acceptors (Lipinski definition) is 1. The first kappa shape index (κ1) is 7.72. The predicted molar refractivity (Wildman–Crippen MR) is 49.2 cm³/mol. The Morgan fingerprint density at radius 3 is 2.20 bits per heavy atom. The number of carbonyl (C=O) groups excluding carboxylic acids is 1. The van der Waals surface area contributed by atoms with Gasteiger partial charge in [-0.3, -0.25) is 4.79 Å². The van der Waals surface area contributed by atoms with Crippen molar-refractivity contribution in [1.29, 1.82) is 0 Å². The fraction of sp³-hybridized carbons (Fsp3) is 0.125. The van der Waals surface area contributed by atoms with Crippen LogP contribution in [0.1, 0.15) is 17.3 Å². The van der Waals surface area contributed by atoms with E-state index < -0.39 is 0 Å². The van der Waals surface area contributed by atoms with Crippen LogP contribution in [0.2, 0.25) is 0 Å². The molecular weight excluding hydrogens is 237 g/mol. The molecule has 1 aromatic rings. The Kier molecular flexibility index (Phi) is 2.43. The van der Waals surface area contributed by atoms with E-state index in [0.717, 1.165) is 9.13 Å². The quantitative estimate of drug-likeness (QED) is 0.548. The van der Waals surface area contributed by atoms with Crippen LogP contribution >= 0.6 is 22.6 Å². The van der Waals surface area contributed by atoms with Crippen molar-refractivity contribution in [1.82, 2.24) is 0 Å². The third kappa shape index (κ3) is 1.80. The molecule has 1 aromatic carbocycles. The first-order valence-electron chi connectivity index (χ1n) is 2.96. The molecule has 2 heteroatoms. The van der Waals surface area contributed by atoms with Gasteiger partial charge in [0.2, 0.25) is 0 Å². The standard InChI is InChI=1S/C8H7IO/c1-6(10)7-2-4-8(9)5-3-7/h2-5H,1H3/i9-2. The summed E-state index contributed by atoms with van der Waals surface area (Å²) in [5.41, 5.74) is 0.778. The average molecular weight is 244 g/mol. The molecule has 0 bridgehead atoms. The summed E-state index contributed by atoms with van der Waals surface area (Å²) < 4.78 is 1.16. The van der Waals surface area contributed by atoms with Crippen molar-refractivity contribution >= 4 is 28.4 Å². The van der Waals surface area contributed by atoms with Gasteiger partial charge in [0.1, 0.15) is 0 Å². The van der Waals surface area contributed by atoms with Gasteiger partial charge in [0, 0.05) is 9.13 Å². The molecule has 0 atom stereocenters. The zero-order valence-electron chi connectivity index (χ0n) is 5.60. The van der Waals surface area contributed by atoms with E-state index in [2.05, 4.69) is 22.6 Å². The highest BCUT2D eigenvalue weighted by atomic mass is 125. The molecule has 0 spiro atoms. The smallest absolute Gasteiger partial charge is 0.159 e. The number of ketones is 1. The van der Waals surface area contributed by atoms with Crippen LogP contribution in [0.4, 0.5) is 0 Å². The molecule has 0 saturated heterocycles. The lowest BCUT2D eigenvalue weighted by Gasteiger charge is -1.92. The first-order valence-corrected chi connectivity index (χ1v) is 4.04. The molecule has 0 unspecified atom stereocenters. The molecule has 0 saturated carbocycles. The van der Waals surface area contributed by atoms with E-state index in [1.54, 1.807) is 6.92 Å². The number of carbonyl (C=O) groups is 1. The second kappa shape index (κ2) is 3.14. The second-order valence-corrected chi connectivity index (χ2v) is 3.31. The van der Waals surface area contributed by atoms with Crippen LogP contribution < -0.4 is 0 Å². The van der Waals surface area contributed by atoms with Crippen molar-refractivity contribution in [3.8, 4) is 0 Å². The molecule has 1 nitrogen and oxygen atoms in total. The summed E-state index contributed by atoms with van der Waals surface area (Å²) >= 11 is 2.21. The maximum absolute atomic E-state index is 10.8. The monoisotopic (exact) mass is 244 g/mol. The van der Waals surface area contributed by atoms with Gasteiger partial charge in [0.05, 0.1) is 0 Å². The van der Waals surface area contributed by atoms with Gasteiger partial charge < -0.3 is 0 Å². The molecule has 10 heavy (non-hydrogen) atoms. The van der Waals surface area contributed by atoms with Gasteiger partial charge in [0.15, 0.2) is 5.78 Å². The van der Waals surface area contributed by atoms with Crippen LogP contribution in [-0.4, -0.2) is 5.78 Å². The van der Waals surface area contributed by atoms with E-state index in [-0.39, 0.29) is 5.78 Å². The largest absolute Gasteiger partial charge is 0.295 e. The summed E-state index contributed by atoms with van der Waals surface area (Å²) in [6, 6.07) is 7.53. The van der Waals surface area contributed by atoms with Crippen LogP contribution in [-0.2, 0) is 0 Å². The lowest BCUT2D eigenvalue weighted by Crippen LogP contribution is -1.89. The average Bonchev–Trinajstić information content (AvgIpc) is 1.88. The molecule has 0 fully saturated rings. The molecular formula is C8H7IO. The Labute approximate surface area is 73.6 Å². The van der Waals surface area contributed by atoms with Gasteiger partial charge in [-0.15, -0.1) is 0 Å². The number of halogens is 1. The third-order valence-electron chi connectivity index (χ3n) is 1.25. The summed E-state index contributed by atoms with van der Waals surface area (Å²) in [4.78, 5) is 10.8. The summed E-state index contributed by atoms with van der Waals surface area (Å²) in [5.74, 6) is 0.122. The molecule has 0 heterocycles. The zero-order valence-corrected chi connectivity index (χ0v) is 7.75. The number of rotatable bonds is 1. The van der Waals surface area contributed by atoms with Crippen LogP contribution in [0.3, 0.4) is 0 Å². The highest BCUT2D eigenvalue weighted by molar-refractivity contribution is 14.1. The van der Waals surface area contributed by atoms with Crippen LogP contribution in [0.5, 0.6) is 0 Å². The molecule has 0 amide bonds. The Balaban J connectivity index is 3.00. The SMILES string of the molecule is CC(=O)c1ccc([125I])cc1. The number of hydrogen-bond donors (Lipinski definition) is 0. The van der Waals surface area contributed by atoms with Crippen LogP contribution in [0.25, 0.3) is 0 Å². The van der Waals surface area contributed by atoms with Gasteiger partial charge in [-0.2, -0.15) is 0 Å². The number of Topliss-reactive ketones (excluding diaryl/α,β-unsaturated/α-hetero) is 1. The number of benzene rings is 1. The highest BCUT2D eigenvalue weighted by Crippen LogP contribution is 2.06. The molecule has 0 aliphatic rings. The van der Waals surface area contributed by atoms with Crippen molar-refractivity contribution in [3.05, 3.63) is 33.4 Å². The minimum atomic E-state index is 0.122. The summed E-state index contributed by atoms with van der Waals surface area (Å²) in [5, 5.41) is 0. The Morgan fingerprint density at radius 2 is 1.80 bits per heavy atom. The van der Waals surface area contributed by atoms with Gasteiger partial charge in [-0.05, 0) is 41.6 Å². The maximum Gasteiger partial charge on any atom is 0.159 e. The minimum Gasteiger partial charge on any atom is -0.295 e. The van der Waals surface area contributed by atoms with Crippen LogP contribution in [0.15, 0.2) is 24.3 Å². The van der Waals surface area contributed by atoms with Crippen molar-refractivity contribution in [2.75, 3.05) is 0 Å². The van der Waals surface area contributed by atoms with E-state index in [1.807, 2.05) is 24.3 Å². The highest BCUT2D eigenvalue weighted by Gasteiger charge is 1.95. The Hall–Kier alpha value is -0.380. The zero-order chi connectivity index (χ0) is 7.56. The molecule has 1 rings (SSSR count). The fourth-order valence-electron chi connectivity index (χ4n) is 0.685. The fourth-order valence-corrected chi connectivity index (χ4v) is 1.04. The predicted octanol–water partition coefficient (Wildman–Crippen LogP) is 2.49. The van der Waals surface area contributed by atoms with E-state index in [1.165, 1.54) is 0 Å². The minimum absolute atomic E-state index is 0.122. The van der Waals surface area contributed by atoms with Crippen molar-refractivity contribution in [2.24, 2.45) is 0 Å². The van der Waals surface area contributed by atoms with E-state index >= 15 is 0 Å². The van der Waals surface area contributed by atoms with Gasteiger partial charge in [-0.25, -0.2) is 0 Å². The summed E-state index contributed by atoms with van der Waals surface area (Å²) in [6.45, 7) is 1.57.